The van der Waals surface area contributed by atoms with Crippen molar-refractivity contribution < 1.29 is 0 Å². The maximum absolute atomic E-state index is 3.70. The molecule has 0 aromatic heterocycles. The number of nitrogens with one attached hydrogen (secondary N) is 1. The highest BCUT2D eigenvalue weighted by atomic mass is 32.2. The molecule has 0 spiro atoms. The zero-order valence-corrected chi connectivity index (χ0v) is 4.79. The fourth-order valence-electron chi connectivity index (χ4n) is 0.407. The molecule has 1 N–H and O–H groups in total. The van der Waals surface area contributed by atoms with E-state index in [2.05, 4.69) is 17.4 Å². The normalized spacial score (nSPS) is 19.1. The van der Waals surface area contributed by atoms with Crippen molar-refractivity contribution in [2.24, 2.45) is 0 Å². The van der Waals surface area contributed by atoms with Gasteiger partial charge in [-0.25, -0.2) is 0 Å². The molecule has 1 aliphatic rings. The average Bonchev–Trinajstić information content (AvgIpc) is 1.69. The lowest BCUT2D eigenvalue weighted by Crippen LogP contribution is -2.03. The second-order valence-electron chi connectivity index (χ2n) is 1.34. The van der Waals surface area contributed by atoms with Gasteiger partial charge in [0.15, 0.2) is 0 Å². The van der Waals surface area contributed by atoms with Crippen molar-refractivity contribution in [3.05, 3.63) is 24.4 Å². The Morgan fingerprint density at radius 3 is 3.00 bits per heavy atom. The number of hydrogen-bond donors (Lipinski definition) is 1. The molecule has 0 aliphatic carbocycles. The summed E-state index contributed by atoms with van der Waals surface area (Å²) in [7, 11) is 0. The maximum atomic E-state index is 3.70. The van der Waals surface area contributed by atoms with Crippen LogP contribution in [0.4, 0.5) is 0 Å². The molecule has 1 rings (SSSR count). The van der Waals surface area contributed by atoms with Crippen LogP contribution in [0.15, 0.2) is 24.4 Å². The molecule has 1 nitrogen and oxygen atoms in total. The molecule has 0 fully saturated rings. The van der Waals surface area contributed by atoms with Gasteiger partial charge >= 0.3 is 0 Å². The van der Waals surface area contributed by atoms with Crippen LogP contribution in [0.25, 0.3) is 0 Å². The van der Waals surface area contributed by atoms with Crippen molar-refractivity contribution >= 4 is 11.9 Å². The van der Waals surface area contributed by atoms with Gasteiger partial charge in [-0.15, -0.1) is 0 Å². The average molecular weight is 113 g/mol. The van der Waals surface area contributed by atoms with Gasteiger partial charge in [-0.2, -0.15) is 0 Å². The quantitative estimate of drug-likeness (QED) is 0.475. The summed E-state index contributed by atoms with van der Waals surface area (Å²) in [5.41, 5.74) is 0.997. The van der Waals surface area contributed by atoms with Crippen LogP contribution in [0, 0.1) is 0 Å². The zero-order valence-electron chi connectivity index (χ0n) is 3.98. The van der Waals surface area contributed by atoms with Crippen LogP contribution < -0.4 is 4.72 Å². The summed E-state index contributed by atoms with van der Waals surface area (Å²) < 4.78 is 3.02. The molecule has 1 heterocycles. The van der Waals surface area contributed by atoms with E-state index in [1.165, 1.54) is 0 Å². The summed E-state index contributed by atoms with van der Waals surface area (Å²) in [6.45, 7) is 3.70. The Labute approximate surface area is 47.6 Å². The van der Waals surface area contributed by atoms with Gasteiger partial charge in [0.05, 0.1) is 0 Å². The van der Waals surface area contributed by atoms with Crippen molar-refractivity contribution in [3.63, 3.8) is 0 Å². The molecular formula is C5H7NS. The molecule has 0 amide bonds. The van der Waals surface area contributed by atoms with E-state index in [4.69, 9.17) is 0 Å². The van der Waals surface area contributed by atoms with Crippen molar-refractivity contribution in [1.82, 2.24) is 4.72 Å². The first kappa shape index (κ1) is 4.78. The van der Waals surface area contributed by atoms with Gasteiger partial charge in [0.2, 0.25) is 0 Å². The molecule has 0 aromatic rings. The second kappa shape index (κ2) is 2.07. The molecule has 7 heavy (non-hydrogen) atoms. The first-order chi connectivity index (χ1) is 3.39. The fourth-order valence-corrected chi connectivity index (χ4v) is 0.936. The highest BCUT2D eigenvalue weighted by molar-refractivity contribution is 7.97. The van der Waals surface area contributed by atoms with E-state index in [-0.39, 0.29) is 0 Å². The lowest BCUT2D eigenvalue weighted by molar-refractivity contribution is 1.27. The lowest BCUT2D eigenvalue weighted by Gasteiger charge is -2.05. The monoisotopic (exact) mass is 113 g/mol. The molecule has 38 valence electrons. The smallest absolute Gasteiger partial charge is 0.0365 e. The van der Waals surface area contributed by atoms with Crippen LogP contribution in [0.5, 0.6) is 0 Å². The van der Waals surface area contributed by atoms with E-state index in [9.17, 15) is 0 Å². The number of hydrogen-bond acceptors (Lipinski definition) is 2. The third-order valence-corrected chi connectivity index (χ3v) is 1.47. The van der Waals surface area contributed by atoms with Crippen LogP contribution in [0.3, 0.4) is 0 Å². The summed E-state index contributed by atoms with van der Waals surface area (Å²) >= 11 is 1.67. The third kappa shape index (κ3) is 1.27. The molecule has 0 aromatic carbocycles. The van der Waals surface area contributed by atoms with E-state index < -0.39 is 0 Å². The standard InChI is InChI=1S/C5H7NS/c1-5-3-2-4-7-6-5/h2-3,6H,1,4H2. The highest BCUT2D eigenvalue weighted by Gasteiger charge is 1.90. The van der Waals surface area contributed by atoms with Crippen molar-refractivity contribution in [2.45, 2.75) is 0 Å². The van der Waals surface area contributed by atoms with Crippen LogP contribution in [-0.2, 0) is 0 Å². The maximum Gasteiger partial charge on any atom is 0.0365 e. The van der Waals surface area contributed by atoms with Crippen LogP contribution in [0.2, 0.25) is 0 Å². The molecule has 0 radical (unpaired) electrons. The Hall–Kier alpha value is -0.370. The Bertz CT molecular complexity index is 107. The summed E-state index contributed by atoms with van der Waals surface area (Å²) in [5.74, 6) is 1.05. The van der Waals surface area contributed by atoms with Crippen LogP contribution in [-0.4, -0.2) is 5.75 Å². The Balaban J connectivity index is 2.51. The molecular weight excluding hydrogens is 106 g/mol. The lowest BCUT2D eigenvalue weighted by atomic mass is 10.4. The summed E-state index contributed by atoms with van der Waals surface area (Å²) in [6.07, 6.45) is 4.07. The van der Waals surface area contributed by atoms with Gasteiger partial charge < -0.3 is 4.72 Å². The second-order valence-corrected chi connectivity index (χ2v) is 2.17. The summed E-state index contributed by atoms with van der Waals surface area (Å²) in [4.78, 5) is 0. The first-order valence-corrected chi connectivity index (χ1v) is 3.11. The Kier molecular flexibility index (Phi) is 1.42. The number of allylic oxidation sites excluding steroid dienone is 1. The van der Waals surface area contributed by atoms with Crippen LogP contribution in [0.1, 0.15) is 0 Å². The summed E-state index contributed by atoms with van der Waals surface area (Å²) in [5, 5.41) is 0. The molecule has 0 bridgehead atoms. The van der Waals surface area contributed by atoms with Crippen molar-refractivity contribution in [1.29, 1.82) is 0 Å². The van der Waals surface area contributed by atoms with Gasteiger partial charge in [-0.1, -0.05) is 12.7 Å². The minimum absolute atomic E-state index is 0.997. The third-order valence-electron chi connectivity index (χ3n) is 0.702. The van der Waals surface area contributed by atoms with Crippen LogP contribution >= 0.6 is 11.9 Å². The molecule has 0 atom stereocenters. The molecule has 0 saturated carbocycles. The van der Waals surface area contributed by atoms with Gasteiger partial charge in [-0.05, 0) is 18.0 Å². The van der Waals surface area contributed by atoms with Gasteiger partial charge in [0, 0.05) is 11.4 Å². The van der Waals surface area contributed by atoms with E-state index >= 15 is 0 Å². The Morgan fingerprint density at radius 2 is 2.71 bits per heavy atom. The topological polar surface area (TPSA) is 12.0 Å². The van der Waals surface area contributed by atoms with Gasteiger partial charge in [-0.3, -0.25) is 0 Å². The van der Waals surface area contributed by atoms with E-state index in [1.807, 2.05) is 6.08 Å². The van der Waals surface area contributed by atoms with Crippen molar-refractivity contribution in [2.75, 3.05) is 5.75 Å². The predicted octanol–water partition coefficient (Wildman–Crippen LogP) is 1.31. The van der Waals surface area contributed by atoms with Gasteiger partial charge in [0.25, 0.3) is 0 Å². The minimum Gasteiger partial charge on any atom is -0.330 e. The largest absolute Gasteiger partial charge is 0.330 e. The number of rotatable bonds is 0. The van der Waals surface area contributed by atoms with E-state index in [0.717, 1.165) is 11.4 Å². The molecule has 0 unspecified atom stereocenters. The summed E-state index contributed by atoms with van der Waals surface area (Å²) in [6, 6.07) is 0. The van der Waals surface area contributed by atoms with E-state index in [0.29, 0.717) is 0 Å². The zero-order chi connectivity index (χ0) is 5.11. The molecule has 0 saturated heterocycles. The predicted molar refractivity (Wildman–Crippen MR) is 33.9 cm³/mol. The van der Waals surface area contributed by atoms with Crippen molar-refractivity contribution in [3.8, 4) is 0 Å². The molecule has 1 aliphatic heterocycles. The minimum atomic E-state index is 0.997. The highest BCUT2D eigenvalue weighted by Crippen LogP contribution is 2.05. The van der Waals surface area contributed by atoms with E-state index in [1.54, 1.807) is 11.9 Å². The Morgan fingerprint density at radius 1 is 1.86 bits per heavy atom. The fraction of sp³-hybridized carbons (Fsp3) is 0.200. The first-order valence-electron chi connectivity index (χ1n) is 2.13. The SMILES string of the molecule is C=C1C=CCSN1. The molecule has 2 heteroatoms. The van der Waals surface area contributed by atoms with Gasteiger partial charge in [0.1, 0.15) is 0 Å².